The largest absolute Gasteiger partial charge is 0.493 e. The minimum absolute atomic E-state index is 0.202. The Morgan fingerprint density at radius 1 is 0.971 bits per heavy atom. The molecule has 0 N–H and O–H groups in total. The van der Waals surface area contributed by atoms with Crippen molar-refractivity contribution < 1.29 is 23.3 Å². The molecule has 2 atom stereocenters. The molecule has 0 spiro atoms. The molecule has 0 fully saturated rings. The minimum Gasteiger partial charge on any atom is -0.493 e. The van der Waals surface area contributed by atoms with Crippen molar-refractivity contribution in [1.29, 1.82) is 0 Å². The highest BCUT2D eigenvalue weighted by Gasteiger charge is 2.41. The Hall–Kier alpha value is -3.25. The molecule has 0 aromatic heterocycles. The highest BCUT2D eigenvalue weighted by molar-refractivity contribution is 5.56. The molecule has 3 aliphatic rings. The van der Waals surface area contributed by atoms with Gasteiger partial charge in [-0.2, -0.15) is 0 Å². The van der Waals surface area contributed by atoms with Gasteiger partial charge in [0, 0.05) is 30.6 Å². The van der Waals surface area contributed by atoms with Crippen LogP contribution in [0.25, 0.3) is 0 Å². The van der Waals surface area contributed by atoms with Gasteiger partial charge >= 0.3 is 0 Å². The first-order valence-electron chi connectivity index (χ1n) is 11.8. The number of nitrogens with zero attached hydrogens (tertiary/aromatic N) is 1. The molecule has 3 aromatic rings. The van der Waals surface area contributed by atoms with Crippen LogP contribution >= 0.6 is 0 Å². The first-order chi connectivity index (χ1) is 16.7. The van der Waals surface area contributed by atoms with Crippen molar-refractivity contribution >= 4 is 0 Å². The van der Waals surface area contributed by atoms with Gasteiger partial charge in [0.1, 0.15) is 5.82 Å². The summed E-state index contributed by atoms with van der Waals surface area (Å²) in [5, 5.41) is 0. The number of methoxy groups -OCH3 is 2. The summed E-state index contributed by atoms with van der Waals surface area (Å²) in [5.74, 6) is 3.30. The quantitative estimate of drug-likeness (QED) is 0.509. The van der Waals surface area contributed by atoms with Crippen LogP contribution in [-0.4, -0.2) is 32.5 Å². The van der Waals surface area contributed by atoms with Gasteiger partial charge in [0.25, 0.3) is 0 Å². The molecule has 0 saturated heterocycles. The van der Waals surface area contributed by atoms with E-state index in [0.717, 1.165) is 60.9 Å². The van der Waals surface area contributed by atoms with Crippen LogP contribution in [0, 0.1) is 5.82 Å². The summed E-state index contributed by atoms with van der Waals surface area (Å²) in [5.41, 5.74) is 6.29. The lowest BCUT2D eigenvalue weighted by Gasteiger charge is -2.46. The molecule has 0 saturated carbocycles. The second-order valence-electron chi connectivity index (χ2n) is 9.21. The van der Waals surface area contributed by atoms with Crippen LogP contribution in [0.4, 0.5) is 4.39 Å². The monoisotopic (exact) mass is 461 g/mol. The molecule has 3 aliphatic heterocycles. The Kier molecular flexibility index (Phi) is 5.33. The summed E-state index contributed by atoms with van der Waals surface area (Å²) < 4.78 is 36.3. The van der Waals surface area contributed by atoms with E-state index in [9.17, 15) is 4.39 Å². The van der Waals surface area contributed by atoms with E-state index in [-0.39, 0.29) is 24.6 Å². The number of benzene rings is 3. The van der Waals surface area contributed by atoms with Crippen LogP contribution in [0.1, 0.15) is 46.2 Å². The van der Waals surface area contributed by atoms with Gasteiger partial charge in [0.05, 0.1) is 14.2 Å². The summed E-state index contributed by atoms with van der Waals surface area (Å²) >= 11 is 0. The van der Waals surface area contributed by atoms with Crippen LogP contribution in [0.3, 0.4) is 0 Å². The maximum atomic E-state index is 13.5. The Balaban J connectivity index is 1.45. The normalized spacial score (nSPS) is 20.3. The van der Waals surface area contributed by atoms with Crippen molar-refractivity contribution in [1.82, 2.24) is 4.90 Å². The van der Waals surface area contributed by atoms with Crippen molar-refractivity contribution in [2.45, 2.75) is 37.8 Å². The number of halogens is 1. The van der Waals surface area contributed by atoms with Crippen LogP contribution in [-0.2, 0) is 19.4 Å². The van der Waals surface area contributed by atoms with Crippen LogP contribution in [0.15, 0.2) is 48.5 Å². The van der Waals surface area contributed by atoms with Crippen molar-refractivity contribution in [2.24, 2.45) is 0 Å². The molecule has 3 aromatic carbocycles. The van der Waals surface area contributed by atoms with Gasteiger partial charge in [-0.05, 0) is 71.8 Å². The van der Waals surface area contributed by atoms with E-state index in [0.29, 0.717) is 0 Å². The van der Waals surface area contributed by atoms with Gasteiger partial charge < -0.3 is 18.9 Å². The molecular weight excluding hydrogens is 433 g/mol. The molecule has 0 radical (unpaired) electrons. The molecule has 0 bridgehead atoms. The van der Waals surface area contributed by atoms with Gasteiger partial charge in [0.15, 0.2) is 23.0 Å². The number of hydrogen-bond acceptors (Lipinski definition) is 5. The van der Waals surface area contributed by atoms with Gasteiger partial charge in [0.2, 0.25) is 6.79 Å². The van der Waals surface area contributed by atoms with Crippen molar-refractivity contribution in [3.8, 4) is 23.0 Å². The maximum absolute atomic E-state index is 13.5. The van der Waals surface area contributed by atoms with Crippen molar-refractivity contribution in [2.75, 3.05) is 27.6 Å². The van der Waals surface area contributed by atoms with E-state index < -0.39 is 0 Å². The summed E-state index contributed by atoms with van der Waals surface area (Å²) in [6, 6.07) is 15.6. The second-order valence-corrected chi connectivity index (χ2v) is 9.21. The standard InChI is InChI=1S/C28H28FNO4/c1-31-24-10-9-20-21(8-5-17-3-6-19(29)7-4-17)27-22-14-26-25(33-16-34-26)13-18(22)11-12-30(27)15-23(20)28(24)32-2/h3-4,6-7,9-10,13-14,21,27H,5,8,11-12,15-16H2,1-2H3. The fourth-order valence-electron chi connectivity index (χ4n) is 5.92. The molecule has 0 aliphatic carbocycles. The Labute approximate surface area is 199 Å². The van der Waals surface area contributed by atoms with E-state index >= 15 is 0 Å². The average Bonchev–Trinajstić information content (AvgIpc) is 3.32. The fourth-order valence-corrected chi connectivity index (χ4v) is 5.92. The van der Waals surface area contributed by atoms with Gasteiger partial charge in [-0.25, -0.2) is 4.39 Å². The van der Waals surface area contributed by atoms with E-state index in [4.69, 9.17) is 18.9 Å². The third kappa shape index (κ3) is 3.48. The number of hydrogen-bond donors (Lipinski definition) is 0. The molecule has 6 heteroatoms. The molecule has 2 unspecified atom stereocenters. The number of ether oxygens (including phenoxy) is 4. The van der Waals surface area contributed by atoms with E-state index in [1.165, 1.54) is 22.3 Å². The lowest BCUT2D eigenvalue weighted by molar-refractivity contribution is 0.127. The van der Waals surface area contributed by atoms with E-state index in [2.05, 4.69) is 23.1 Å². The van der Waals surface area contributed by atoms with Crippen LogP contribution in [0.5, 0.6) is 23.0 Å². The zero-order chi connectivity index (χ0) is 23.2. The predicted molar refractivity (Wildman–Crippen MR) is 126 cm³/mol. The third-order valence-electron chi connectivity index (χ3n) is 7.50. The second kappa shape index (κ2) is 8.51. The molecule has 0 amide bonds. The van der Waals surface area contributed by atoms with Gasteiger partial charge in [-0.1, -0.05) is 18.2 Å². The zero-order valence-corrected chi connectivity index (χ0v) is 19.5. The minimum atomic E-state index is -0.202. The lowest BCUT2D eigenvalue weighted by atomic mass is 9.74. The fraction of sp³-hybridized carbons (Fsp3) is 0.357. The van der Waals surface area contributed by atoms with Crippen LogP contribution < -0.4 is 18.9 Å². The first-order valence-corrected chi connectivity index (χ1v) is 11.8. The number of fused-ring (bicyclic) bond motifs is 5. The zero-order valence-electron chi connectivity index (χ0n) is 19.5. The first kappa shape index (κ1) is 21.3. The van der Waals surface area contributed by atoms with E-state index in [1.54, 1.807) is 26.4 Å². The molecule has 34 heavy (non-hydrogen) atoms. The maximum Gasteiger partial charge on any atom is 0.231 e. The van der Waals surface area contributed by atoms with Gasteiger partial charge in [-0.3, -0.25) is 4.90 Å². The Morgan fingerprint density at radius 2 is 1.76 bits per heavy atom. The summed E-state index contributed by atoms with van der Waals surface area (Å²) in [7, 11) is 3.39. The third-order valence-corrected chi connectivity index (χ3v) is 7.50. The Morgan fingerprint density at radius 3 is 2.53 bits per heavy atom. The number of rotatable bonds is 5. The molecule has 176 valence electrons. The molecule has 5 nitrogen and oxygen atoms in total. The molecule has 3 heterocycles. The highest BCUT2D eigenvalue weighted by atomic mass is 19.1. The lowest BCUT2D eigenvalue weighted by Crippen LogP contribution is -2.42. The van der Waals surface area contributed by atoms with Crippen molar-refractivity contribution in [3.63, 3.8) is 0 Å². The molecule has 6 rings (SSSR count). The van der Waals surface area contributed by atoms with E-state index in [1.807, 2.05) is 18.2 Å². The van der Waals surface area contributed by atoms with Crippen molar-refractivity contribution in [3.05, 3.63) is 82.2 Å². The summed E-state index contributed by atoms with van der Waals surface area (Å²) in [4.78, 5) is 2.56. The SMILES string of the molecule is COc1ccc2c(c1OC)CN1CCc3cc4c(cc3C1C2CCc1ccc(F)cc1)OCO4. The van der Waals surface area contributed by atoms with Gasteiger partial charge in [-0.15, -0.1) is 0 Å². The number of aryl methyl sites for hydroxylation is 1. The summed E-state index contributed by atoms with van der Waals surface area (Å²) in [6.45, 7) is 2.05. The summed E-state index contributed by atoms with van der Waals surface area (Å²) in [6.07, 6.45) is 2.76. The van der Waals surface area contributed by atoms with Crippen LogP contribution in [0.2, 0.25) is 0 Å². The average molecular weight is 462 g/mol. The highest BCUT2D eigenvalue weighted by Crippen LogP contribution is 2.53. The smallest absolute Gasteiger partial charge is 0.231 e. The topological polar surface area (TPSA) is 40.2 Å². The predicted octanol–water partition coefficient (Wildman–Crippen LogP) is 5.40. The molecular formula is C28H28FNO4. The Bertz CT molecular complexity index is 1230.